The van der Waals surface area contributed by atoms with E-state index in [9.17, 15) is 19.7 Å². The van der Waals surface area contributed by atoms with Gasteiger partial charge in [0.25, 0.3) is 11.6 Å². The van der Waals surface area contributed by atoms with E-state index in [4.69, 9.17) is 4.74 Å². The van der Waals surface area contributed by atoms with E-state index in [-0.39, 0.29) is 22.7 Å². The Morgan fingerprint density at radius 2 is 2.04 bits per heavy atom. The lowest BCUT2D eigenvalue weighted by molar-refractivity contribution is -0.383. The Balaban J connectivity index is 2.14. The summed E-state index contributed by atoms with van der Waals surface area (Å²) in [5, 5.41) is 13.4. The molecule has 0 bridgehead atoms. The van der Waals surface area contributed by atoms with Crippen LogP contribution in [-0.4, -0.2) is 23.2 Å². The van der Waals surface area contributed by atoms with Crippen molar-refractivity contribution in [2.75, 3.05) is 5.32 Å². The Bertz CT molecular complexity index is 794. The predicted octanol–water partition coefficient (Wildman–Crippen LogP) is 3.58. The third-order valence-corrected chi connectivity index (χ3v) is 3.62. The Kier molecular flexibility index (Phi) is 5.64. The molecule has 124 valence electrons. The number of hydrogen-bond acceptors (Lipinski definition) is 5. The van der Waals surface area contributed by atoms with E-state index in [2.05, 4.69) is 21.2 Å². The van der Waals surface area contributed by atoms with E-state index in [1.807, 2.05) is 0 Å². The Morgan fingerprint density at radius 1 is 1.33 bits per heavy atom. The third kappa shape index (κ3) is 4.17. The molecule has 1 N–H and O–H groups in total. The second-order valence-corrected chi connectivity index (χ2v) is 5.74. The fourth-order valence-electron chi connectivity index (χ4n) is 1.94. The summed E-state index contributed by atoms with van der Waals surface area (Å²) in [5.74, 6) is -0.317. The van der Waals surface area contributed by atoms with Crippen molar-refractivity contribution < 1.29 is 19.2 Å². The largest absolute Gasteiger partial charge is 0.480 e. The van der Waals surface area contributed by atoms with E-state index in [0.717, 1.165) is 0 Å². The minimum atomic E-state index is -0.954. The van der Waals surface area contributed by atoms with Crippen molar-refractivity contribution >= 4 is 39.5 Å². The number of carbonyl (C=O) groups is 2. The standard InChI is InChI=1S/C16H13BrN2O5/c1-10(24-15-7-6-12(17)8-11(15)9-20)16(21)18-13-4-2-3-5-14(13)19(22)23/h2-10H,1H3,(H,18,21)/t10-/m1/s1. The van der Waals surface area contributed by atoms with Crippen LogP contribution in [0.1, 0.15) is 17.3 Å². The van der Waals surface area contributed by atoms with Gasteiger partial charge in [-0.15, -0.1) is 0 Å². The zero-order chi connectivity index (χ0) is 17.7. The highest BCUT2D eigenvalue weighted by molar-refractivity contribution is 9.10. The zero-order valence-electron chi connectivity index (χ0n) is 12.6. The average Bonchev–Trinajstić information content (AvgIpc) is 2.56. The van der Waals surface area contributed by atoms with Crippen LogP contribution in [0.4, 0.5) is 11.4 Å². The molecule has 7 nitrogen and oxygen atoms in total. The number of amides is 1. The lowest BCUT2D eigenvalue weighted by Crippen LogP contribution is -2.30. The molecule has 0 aliphatic heterocycles. The number of benzene rings is 2. The molecular formula is C16H13BrN2O5. The number of carbonyl (C=O) groups excluding carboxylic acids is 2. The molecule has 2 aromatic rings. The van der Waals surface area contributed by atoms with Gasteiger partial charge in [0.2, 0.25) is 0 Å². The van der Waals surface area contributed by atoms with Gasteiger partial charge in [-0.05, 0) is 31.2 Å². The number of nitro benzene ring substituents is 1. The summed E-state index contributed by atoms with van der Waals surface area (Å²) >= 11 is 3.24. The van der Waals surface area contributed by atoms with Gasteiger partial charge in [-0.3, -0.25) is 19.7 Å². The Morgan fingerprint density at radius 3 is 2.71 bits per heavy atom. The molecule has 24 heavy (non-hydrogen) atoms. The lowest BCUT2D eigenvalue weighted by atomic mass is 10.2. The van der Waals surface area contributed by atoms with Gasteiger partial charge in [-0.25, -0.2) is 0 Å². The molecule has 0 spiro atoms. The van der Waals surface area contributed by atoms with Crippen LogP contribution in [0.5, 0.6) is 5.75 Å². The quantitative estimate of drug-likeness (QED) is 0.460. The highest BCUT2D eigenvalue weighted by Crippen LogP contribution is 2.25. The summed E-state index contributed by atoms with van der Waals surface area (Å²) in [5.41, 5.74) is 0.152. The highest BCUT2D eigenvalue weighted by atomic mass is 79.9. The van der Waals surface area contributed by atoms with Crippen LogP contribution in [0, 0.1) is 10.1 Å². The number of nitro groups is 1. The lowest BCUT2D eigenvalue weighted by Gasteiger charge is -2.16. The molecule has 0 fully saturated rings. The summed E-state index contributed by atoms with van der Waals surface area (Å²) in [6.07, 6.45) is -0.336. The number of ether oxygens (including phenoxy) is 1. The Hall–Kier alpha value is -2.74. The summed E-state index contributed by atoms with van der Waals surface area (Å²) in [6.45, 7) is 1.49. The first-order valence-corrected chi connectivity index (χ1v) is 7.67. The maximum Gasteiger partial charge on any atom is 0.292 e. The summed E-state index contributed by atoms with van der Waals surface area (Å²) in [7, 11) is 0. The van der Waals surface area contributed by atoms with Gasteiger partial charge in [-0.1, -0.05) is 28.1 Å². The van der Waals surface area contributed by atoms with Crippen LogP contribution in [0.3, 0.4) is 0 Å². The molecule has 0 heterocycles. The Labute approximate surface area is 145 Å². The fourth-order valence-corrected chi connectivity index (χ4v) is 2.31. The predicted molar refractivity (Wildman–Crippen MR) is 91.3 cm³/mol. The van der Waals surface area contributed by atoms with Gasteiger partial charge in [0.15, 0.2) is 12.4 Å². The van der Waals surface area contributed by atoms with Gasteiger partial charge in [0.05, 0.1) is 10.5 Å². The average molecular weight is 393 g/mol. The topological polar surface area (TPSA) is 98.5 Å². The van der Waals surface area contributed by atoms with E-state index < -0.39 is 16.9 Å². The van der Waals surface area contributed by atoms with Crippen molar-refractivity contribution in [3.8, 4) is 5.75 Å². The number of rotatable bonds is 6. The first-order chi connectivity index (χ1) is 11.4. The first-order valence-electron chi connectivity index (χ1n) is 6.88. The first kappa shape index (κ1) is 17.6. The molecule has 1 amide bonds. The smallest absolute Gasteiger partial charge is 0.292 e. The highest BCUT2D eigenvalue weighted by Gasteiger charge is 2.20. The van der Waals surface area contributed by atoms with Gasteiger partial charge in [-0.2, -0.15) is 0 Å². The van der Waals surface area contributed by atoms with Crippen molar-refractivity contribution in [2.45, 2.75) is 13.0 Å². The number of hydrogen-bond donors (Lipinski definition) is 1. The molecule has 8 heteroatoms. The van der Waals surface area contributed by atoms with E-state index in [0.29, 0.717) is 10.8 Å². The van der Waals surface area contributed by atoms with Crippen molar-refractivity contribution in [1.29, 1.82) is 0 Å². The van der Waals surface area contributed by atoms with Crippen LogP contribution in [0.15, 0.2) is 46.9 Å². The van der Waals surface area contributed by atoms with Gasteiger partial charge in [0.1, 0.15) is 11.4 Å². The summed E-state index contributed by atoms with van der Waals surface area (Å²) < 4.78 is 6.19. The number of halogens is 1. The minimum Gasteiger partial charge on any atom is -0.480 e. The van der Waals surface area contributed by atoms with E-state index in [1.54, 1.807) is 24.3 Å². The minimum absolute atomic E-state index is 0.0781. The normalized spacial score (nSPS) is 11.4. The maximum atomic E-state index is 12.2. The van der Waals surface area contributed by atoms with Gasteiger partial charge in [0, 0.05) is 10.5 Å². The number of nitrogens with one attached hydrogen (secondary N) is 1. The van der Waals surface area contributed by atoms with Crippen LogP contribution < -0.4 is 10.1 Å². The molecule has 2 rings (SSSR count). The third-order valence-electron chi connectivity index (χ3n) is 3.13. The molecular weight excluding hydrogens is 380 g/mol. The van der Waals surface area contributed by atoms with Crippen molar-refractivity contribution in [1.82, 2.24) is 0 Å². The molecule has 0 saturated heterocycles. The van der Waals surface area contributed by atoms with E-state index in [1.165, 1.54) is 25.1 Å². The molecule has 0 aromatic heterocycles. The molecule has 0 saturated carbocycles. The number of anilines is 1. The van der Waals surface area contributed by atoms with Crippen molar-refractivity contribution in [2.24, 2.45) is 0 Å². The second-order valence-electron chi connectivity index (χ2n) is 4.82. The van der Waals surface area contributed by atoms with Gasteiger partial charge >= 0.3 is 0 Å². The van der Waals surface area contributed by atoms with Gasteiger partial charge < -0.3 is 10.1 Å². The van der Waals surface area contributed by atoms with Crippen LogP contribution in [0.2, 0.25) is 0 Å². The van der Waals surface area contributed by atoms with Crippen LogP contribution in [0.25, 0.3) is 0 Å². The number of nitrogens with zero attached hydrogens (tertiary/aromatic N) is 1. The zero-order valence-corrected chi connectivity index (χ0v) is 14.1. The van der Waals surface area contributed by atoms with Crippen LogP contribution >= 0.6 is 15.9 Å². The molecule has 0 radical (unpaired) electrons. The van der Waals surface area contributed by atoms with E-state index >= 15 is 0 Å². The molecule has 2 aromatic carbocycles. The molecule has 0 unspecified atom stereocenters. The SMILES string of the molecule is C[C@@H](Oc1ccc(Br)cc1C=O)C(=O)Nc1ccccc1[N+](=O)[O-]. The molecule has 1 atom stereocenters. The monoisotopic (exact) mass is 392 g/mol. The summed E-state index contributed by atoms with van der Waals surface area (Å²) in [6, 6.07) is 10.6. The van der Waals surface area contributed by atoms with Crippen molar-refractivity contribution in [3.63, 3.8) is 0 Å². The number of aldehydes is 1. The second kappa shape index (κ2) is 7.69. The maximum absolute atomic E-state index is 12.2. The number of para-hydroxylation sites is 2. The van der Waals surface area contributed by atoms with Crippen molar-refractivity contribution in [3.05, 3.63) is 62.6 Å². The molecule has 0 aliphatic rings. The molecule has 0 aliphatic carbocycles. The summed E-state index contributed by atoms with van der Waals surface area (Å²) in [4.78, 5) is 33.6. The fraction of sp³-hybridized carbons (Fsp3) is 0.125. The van der Waals surface area contributed by atoms with Crippen LogP contribution in [-0.2, 0) is 4.79 Å².